The minimum atomic E-state index is -0.275. The molecule has 0 unspecified atom stereocenters. The molecule has 1 aliphatic rings. The van der Waals surface area contributed by atoms with E-state index in [4.69, 9.17) is 9.47 Å². The lowest BCUT2D eigenvalue weighted by molar-refractivity contribution is -0.144. The number of esters is 1. The topological polar surface area (TPSA) is 84.9 Å². The van der Waals surface area contributed by atoms with Crippen molar-refractivity contribution in [1.82, 2.24) is 10.2 Å². The van der Waals surface area contributed by atoms with Gasteiger partial charge in [-0.25, -0.2) is 0 Å². The van der Waals surface area contributed by atoms with E-state index < -0.39 is 0 Å². The number of nitrogens with one attached hydrogen (secondary N) is 1. The van der Waals surface area contributed by atoms with Crippen LogP contribution in [0.1, 0.15) is 49.4 Å². The average Bonchev–Trinajstić information content (AvgIpc) is 3.52. The van der Waals surface area contributed by atoms with Crippen molar-refractivity contribution >= 4 is 17.8 Å². The highest BCUT2D eigenvalue weighted by Gasteiger charge is 2.26. The quantitative estimate of drug-likeness (QED) is 0.438. The smallest absolute Gasteiger partial charge is 0.307 e. The van der Waals surface area contributed by atoms with Crippen molar-refractivity contribution in [3.63, 3.8) is 0 Å². The van der Waals surface area contributed by atoms with E-state index in [0.29, 0.717) is 56.3 Å². The summed E-state index contributed by atoms with van der Waals surface area (Å²) in [6, 6.07) is 6.87. The van der Waals surface area contributed by atoms with Crippen LogP contribution in [0.5, 0.6) is 5.75 Å². The van der Waals surface area contributed by atoms with Gasteiger partial charge in [0, 0.05) is 31.6 Å². The fourth-order valence-electron chi connectivity index (χ4n) is 2.83. The first-order chi connectivity index (χ1) is 13.5. The van der Waals surface area contributed by atoms with Gasteiger partial charge in [0.1, 0.15) is 5.75 Å². The number of rotatable bonds is 12. The lowest BCUT2D eigenvalue weighted by atomic mass is 10.2. The van der Waals surface area contributed by atoms with E-state index in [9.17, 15) is 14.4 Å². The van der Waals surface area contributed by atoms with Gasteiger partial charge in [-0.1, -0.05) is 0 Å². The number of hydrogen-bond acceptors (Lipinski definition) is 5. The van der Waals surface area contributed by atoms with Crippen LogP contribution in [-0.2, 0) is 14.3 Å². The first-order valence-electron chi connectivity index (χ1n) is 9.89. The molecule has 2 amide bonds. The molecule has 154 valence electrons. The second-order valence-corrected chi connectivity index (χ2v) is 6.93. The van der Waals surface area contributed by atoms with Gasteiger partial charge in [-0.3, -0.25) is 14.4 Å². The average molecular weight is 390 g/mol. The Morgan fingerprint density at radius 1 is 1.14 bits per heavy atom. The Bertz CT molecular complexity index is 655. The molecular formula is C21H30N2O5. The van der Waals surface area contributed by atoms with Crippen molar-refractivity contribution in [2.24, 2.45) is 5.92 Å². The van der Waals surface area contributed by atoms with E-state index in [1.807, 2.05) is 0 Å². The summed E-state index contributed by atoms with van der Waals surface area (Å²) < 4.78 is 10.0. The zero-order chi connectivity index (χ0) is 20.4. The van der Waals surface area contributed by atoms with E-state index in [2.05, 4.69) is 5.32 Å². The van der Waals surface area contributed by atoms with E-state index in [-0.39, 0.29) is 24.2 Å². The van der Waals surface area contributed by atoms with Crippen LogP contribution in [0, 0.1) is 5.92 Å². The summed E-state index contributed by atoms with van der Waals surface area (Å²) in [5, 5.41) is 2.83. The molecule has 0 spiro atoms. The normalized spacial score (nSPS) is 12.9. The second kappa shape index (κ2) is 11.3. The predicted molar refractivity (Wildman–Crippen MR) is 105 cm³/mol. The van der Waals surface area contributed by atoms with E-state index >= 15 is 0 Å². The van der Waals surface area contributed by atoms with Crippen LogP contribution in [-0.4, -0.2) is 56.0 Å². The molecule has 28 heavy (non-hydrogen) atoms. The van der Waals surface area contributed by atoms with Gasteiger partial charge in [0.2, 0.25) is 5.91 Å². The third kappa shape index (κ3) is 7.58. The van der Waals surface area contributed by atoms with Crippen molar-refractivity contribution < 1.29 is 23.9 Å². The fraction of sp³-hybridized carbons (Fsp3) is 0.571. The standard InChI is InChI=1S/C21H30N2O5/c1-3-28-20(25)12-14-23(15-16-6-7-16)19(24)5-4-13-22-21(26)17-8-10-18(27-2)11-9-17/h8-11,16H,3-7,12-15H2,1-2H3,(H,22,26). The van der Waals surface area contributed by atoms with Gasteiger partial charge < -0.3 is 19.7 Å². The zero-order valence-corrected chi connectivity index (χ0v) is 16.7. The molecule has 0 aromatic heterocycles. The first-order valence-corrected chi connectivity index (χ1v) is 9.89. The van der Waals surface area contributed by atoms with Crippen LogP contribution in [0.25, 0.3) is 0 Å². The van der Waals surface area contributed by atoms with Gasteiger partial charge in [0.05, 0.1) is 20.1 Å². The summed E-state index contributed by atoms with van der Waals surface area (Å²) in [7, 11) is 1.57. The summed E-state index contributed by atoms with van der Waals surface area (Å²) in [6.07, 6.45) is 3.41. The van der Waals surface area contributed by atoms with Crippen LogP contribution >= 0.6 is 0 Å². The molecule has 0 heterocycles. The van der Waals surface area contributed by atoms with Crippen molar-refractivity contribution in [3.8, 4) is 5.75 Å². The molecule has 0 radical (unpaired) electrons. The first kappa shape index (κ1) is 21.7. The molecule has 7 nitrogen and oxygen atoms in total. The second-order valence-electron chi connectivity index (χ2n) is 6.93. The lowest BCUT2D eigenvalue weighted by Gasteiger charge is -2.22. The molecule has 1 aromatic rings. The number of amides is 2. The maximum Gasteiger partial charge on any atom is 0.307 e. The summed E-state index contributed by atoms with van der Waals surface area (Å²) in [5.41, 5.74) is 0.553. The summed E-state index contributed by atoms with van der Waals surface area (Å²) in [4.78, 5) is 38.0. The van der Waals surface area contributed by atoms with Gasteiger partial charge in [0.15, 0.2) is 0 Å². The van der Waals surface area contributed by atoms with Crippen molar-refractivity contribution in [2.45, 2.75) is 39.0 Å². The molecule has 0 bridgehead atoms. The monoisotopic (exact) mass is 390 g/mol. The van der Waals surface area contributed by atoms with Gasteiger partial charge >= 0.3 is 5.97 Å². The number of hydrogen-bond donors (Lipinski definition) is 1. The maximum absolute atomic E-state index is 12.5. The van der Waals surface area contributed by atoms with Gasteiger partial charge in [-0.05, 0) is 56.4 Å². The van der Waals surface area contributed by atoms with Crippen LogP contribution < -0.4 is 10.1 Å². The van der Waals surface area contributed by atoms with Crippen molar-refractivity contribution in [1.29, 1.82) is 0 Å². The van der Waals surface area contributed by atoms with Gasteiger partial charge in [0.25, 0.3) is 5.91 Å². The largest absolute Gasteiger partial charge is 0.497 e. The lowest BCUT2D eigenvalue weighted by Crippen LogP contribution is -2.35. The third-order valence-electron chi connectivity index (χ3n) is 4.62. The van der Waals surface area contributed by atoms with Crippen LogP contribution in [0.3, 0.4) is 0 Å². The number of nitrogens with zero attached hydrogens (tertiary/aromatic N) is 1. The number of methoxy groups -OCH3 is 1. The summed E-state index contributed by atoms with van der Waals surface area (Å²) in [5.74, 6) is 0.826. The molecule has 2 rings (SSSR count). The maximum atomic E-state index is 12.5. The molecule has 1 N–H and O–H groups in total. The van der Waals surface area contributed by atoms with Crippen LogP contribution in [0.4, 0.5) is 0 Å². The Morgan fingerprint density at radius 2 is 1.86 bits per heavy atom. The molecule has 7 heteroatoms. The molecule has 1 saturated carbocycles. The number of carbonyl (C=O) groups excluding carboxylic acids is 3. The van der Waals surface area contributed by atoms with Gasteiger partial charge in [-0.15, -0.1) is 0 Å². The zero-order valence-electron chi connectivity index (χ0n) is 16.7. The van der Waals surface area contributed by atoms with Crippen LogP contribution in [0.2, 0.25) is 0 Å². The van der Waals surface area contributed by atoms with E-state index in [1.54, 1.807) is 43.2 Å². The van der Waals surface area contributed by atoms with E-state index in [0.717, 1.165) is 12.8 Å². The van der Waals surface area contributed by atoms with Crippen LogP contribution in [0.15, 0.2) is 24.3 Å². The minimum absolute atomic E-state index is 0.0231. The minimum Gasteiger partial charge on any atom is -0.497 e. The molecule has 1 aliphatic carbocycles. The van der Waals surface area contributed by atoms with Gasteiger partial charge in [-0.2, -0.15) is 0 Å². The Hall–Kier alpha value is -2.57. The molecule has 1 aromatic carbocycles. The number of benzene rings is 1. The number of ether oxygens (including phenoxy) is 2. The van der Waals surface area contributed by atoms with Crippen molar-refractivity contribution in [3.05, 3.63) is 29.8 Å². The highest BCUT2D eigenvalue weighted by atomic mass is 16.5. The summed E-state index contributed by atoms with van der Waals surface area (Å²) in [6.45, 7) is 3.64. The highest BCUT2D eigenvalue weighted by Crippen LogP contribution is 2.30. The third-order valence-corrected chi connectivity index (χ3v) is 4.62. The molecule has 0 saturated heterocycles. The SMILES string of the molecule is CCOC(=O)CCN(CC1CC1)C(=O)CCCNC(=O)c1ccc(OC)cc1. The fourth-order valence-corrected chi connectivity index (χ4v) is 2.83. The molecule has 0 aliphatic heterocycles. The van der Waals surface area contributed by atoms with Crippen molar-refractivity contribution in [2.75, 3.05) is 33.4 Å². The Morgan fingerprint density at radius 3 is 2.46 bits per heavy atom. The summed E-state index contributed by atoms with van der Waals surface area (Å²) >= 11 is 0. The number of carbonyl (C=O) groups is 3. The molecule has 1 fully saturated rings. The Labute approximate surface area is 166 Å². The molecular weight excluding hydrogens is 360 g/mol. The predicted octanol–water partition coefficient (Wildman–Crippen LogP) is 2.40. The Kier molecular flexibility index (Phi) is 8.78. The highest BCUT2D eigenvalue weighted by molar-refractivity contribution is 5.94. The Balaban J connectivity index is 1.71. The molecule has 0 atom stereocenters. The van der Waals surface area contributed by atoms with E-state index in [1.165, 1.54) is 0 Å².